The third-order valence-corrected chi connectivity index (χ3v) is 5.29. The van der Waals surface area contributed by atoms with Crippen molar-refractivity contribution in [3.8, 4) is 0 Å². The van der Waals surface area contributed by atoms with Crippen LogP contribution in [0.5, 0.6) is 0 Å². The standard InChI is InChI=1S/C18H25FN2O/c1-17(2,3)21-12-14(13-6-4-5-7-15(13)19)18(16(21)22)8-10-20-11-9-18/h4-7,14,20H,8-12H2,1-3H3/t14-/m1/s1. The topological polar surface area (TPSA) is 32.3 Å². The Kier molecular flexibility index (Phi) is 3.76. The Hall–Kier alpha value is -1.42. The largest absolute Gasteiger partial charge is 0.337 e. The zero-order valence-corrected chi connectivity index (χ0v) is 13.7. The maximum absolute atomic E-state index is 14.4. The fourth-order valence-corrected chi connectivity index (χ4v) is 4.03. The second kappa shape index (κ2) is 5.34. The number of hydrogen-bond donors (Lipinski definition) is 1. The molecule has 120 valence electrons. The van der Waals surface area contributed by atoms with Crippen LogP contribution in [0.25, 0.3) is 0 Å². The maximum Gasteiger partial charge on any atom is 0.230 e. The van der Waals surface area contributed by atoms with Gasteiger partial charge in [-0.1, -0.05) is 18.2 Å². The van der Waals surface area contributed by atoms with Crippen LogP contribution < -0.4 is 5.32 Å². The molecule has 1 aromatic rings. The van der Waals surface area contributed by atoms with Gasteiger partial charge in [0.2, 0.25) is 5.91 Å². The molecular formula is C18H25FN2O. The number of hydrogen-bond acceptors (Lipinski definition) is 2. The van der Waals surface area contributed by atoms with Gasteiger partial charge in [-0.15, -0.1) is 0 Å². The SMILES string of the molecule is CC(C)(C)N1C[C@H](c2ccccc2F)C2(CCNCC2)C1=O. The van der Waals surface area contributed by atoms with E-state index in [4.69, 9.17) is 0 Å². The molecule has 2 aliphatic heterocycles. The van der Waals surface area contributed by atoms with E-state index in [0.717, 1.165) is 25.9 Å². The lowest BCUT2D eigenvalue weighted by atomic mass is 9.68. The van der Waals surface area contributed by atoms with Gasteiger partial charge in [-0.2, -0.15) is 0 Å². The van der Waals surface area contributed by atoms with Crippen molar-refractivity contribution in [2.24, 2.45) is 5.41 Å². The Balaban J connectivity index is 2.06. The summed E-state index contributed by atoms with van der Waals surface area (Å²) in [7, 11) is 0. The molecule has 0 unspecified atom stereocenters. The van der Waals surface area contributed by atoms with E-state index in [1.54, 1.807) is 6.07 Å². The predicted molar refractivity (Wildman–Crippen MR) is 85.1 cm³/mol. The van der Waals surface area contributed by atoms with Gasteiger partial charge in [-0.25, -0.2) is 4.39 Å². The number of nitrogens with zero attached hydrogens (tertiary/aromatic N) is 1. The van der Waals surface area contributed by atoms with Crippen molar-refractivity contribution in [2.75, 3.05) is 19.6 Å². The van der Waals surface area contributed by atoms with Gasteiger partial charge in [-0.05, 0) is 58.3 Å². The van der Waals surface area contributed by atoms with Crippen LogP contribution in [0.15, 0.2) is 24.3 Å². The molecule has 4 heteroatoms. The molecule has 0 aliphatic carbocycles. The average molecular weight is 304 g/mol. The first kappa shape index (κ1) is 15.5. The van der Waals surface area contributed by atoms with Gasteiger partial charge in [-0.3, -0.25) is 4.79 Å². The fraction of sp³-hybridized carbons (Fsp3) is 0.611. The van der Waals surface area contributed by atoms with Crippen LogP contribution in [0.4, 0.5) is 4.39 Å². The second-order valence-corrected chi connectivity index (χ2v) is 7.57. The molecule has 3 rings (SSSR count). The highest BCUT2D eigenvalue weighted by Gasteiger charge is 2.56. The smallest absolute Gasteiger partial charge is 0.230 e. The summed E-state index contributed by atoms with van der Waals surface area (Å²) in [4.78, 5) is 15.2. The minimum atomic E-state index is -0.444. The van der Waals surface area contributed by atoms with Gasteiger partial charge in [0.1, 0.15) is 5.82 Å². The van der Waals surface area contributed by atoms with Crippen molar-refractivity contribution in [1.29, 1.82) is 0 Å². The quantitative estimate of drug-likeness (QED) is 0.865. The van der Waals surface area contributed by atoms with Crippen molar-refractivity contribution in [2.45, 2.75) is 45.1 Å². The third kappa shape index (κ3) is 2.34. The zero-order chi connectivity index (χ0) is 16.0. The van der Waals surface area contributed by atoms with Crippen molar-refractivity contribution in [3.05, 3.63) is 35.6 Å². The summed E-state index contributed by atoms with van der Waals surface area (Å²) in [6.45, 7) is 8.45. The molecule has 0 radical (unpaired) electrons. The van der Waals surface area contributed by atoms with Gasteiger partial charge in [0.05, 0.1) is 5.41 Å². The van der Waals surface area contributed by atoms with Crippen LogP contribution in [-0.4, -0.2) is 36.0 Å². The Bertz CT molecular complexity index is 573. The van der Waals surface area contributed by atoms with Gasteiger partial charge < -0.3 is 10.2 Å². The molecular weight excluding hydrogens is 279 g/mol. The van der Waals surface area contributed by atoms with Crippen molar-refractivity contribution >= 4 is 5.91 Å². The highest BCUT2D eigenvalue weighted by molar-refractivity contribution is 5.87. The maximum atomic E-state index is 14.4. The summed E-state index contributed by atoms with van der Waals surface area (Å²) in [5, 5.41) is 3.33. The van der Waals surface area contributed by atoms with E-state index >= 15 is 0 Å². The number of likely N-dealkylation sites (tertiary alicyclic amines) is 1. The predicted octanol–water partition coefficient (Wildman–Crippen LogP) is 2.92. The minimum absolute atomic E-state index is 0.0532. The summed E-state index contributed by atoms with van der Waals surface area (Å²) < 4.78 is 14.4. The van der Waals surface area contributed by atoms with Crippen molar-refractivity contribution < 1.29 is 9.18 Å². The molecule has 3 nitrogen and oxygen atoms in total. The molecule has 1 aromatic carbocycles. The summed E-state index contributed by atoms with van der Waals surface area (Å²) >= 11 is 0. The third-order valence-electron chi connectivity index (χ3n) is 5.29. The number of carbonyl (C=O) groups is 1. The molecule has 2 aliphatic rings. The Morgan fingerprint density at radius 2 is 1.86 bits per heavy atom. The molecule has 22 heavy (non-hydrogen) atoms. The lowest BCUT2D eigenvalue weighted by Crippen LogP contribution is -2.48. The Labute approximate surface area is 131 Å². The Morgan fingerprint density at radius 1 is 1.23 bits per heavy atom. The molecule has 0 saturated carbocycles. The van der Waals surface area contributed by atoms with Crippen LogP contribution in [0.1, 0.15) is 45.1 Å². The van der Waals surface area contributed by atoms with Gasteiger partial charge >= 0.3 is 0 Å². The monoisotopic (exact) mass is 304 g/mol. The van der Waals surface area contributed by atoms with E-state index < -0.39 is 5.41 Å². The lowest BCUT2D eigenvalue weighted by molar-refractivity contribution is -0.141. The summed E-state index contributed by atoms with van der Waals surface area (Å²) in [6, 6.07) is 6.95. The van der Waals surface area contributed by atoms with E-state index in [-0.39, 0.29) is 23.2 Å². The first-order valence-electron chi connectivity index (χ1n) is 8.13. The molecule has 1 spiro atoms. The van der Waals surface area contributed by atoms with E-state index in [9.17, 15) is 9.18 Å². The molecule has 0 aromatic heterocycles. The summed E-state index contributed by atoms with van der Waals surface area (Å²) in [6.07, 6.45) is 1.58. The van der Waals surface area contributed by atoms with Gasteiger partial charge in [0.15, 0.2) is 0 Å². The summed E-state index contributed by atoms with van der Waals surface area (Å²) in [5.41, 5.74) is 0.0277. The zero-order valence-electron chi connectivity index (χ0n) is 13.7. The number of carbonyl (C=O) groups excluding carboxylic acids is 1. The first-order chi connectivity index (χ1) is 10.4. The molecule has 1 atom stereocenters. The number of halogens is 1. The number of benzene rings is 1. The van der Waals surface area contributed by atoms with E-state index in [1.807, 2.05) is 17.0 Å². The van der Waals surface area contributed by atoms with Crippen LogP contribution >= 0.6 is 0 Å². The molecule has 1 N–H and O–H groups in total. The molecule has 2 heterocycles. The molecule has 2 fully saturated rings. The lowest BCUT2D eigenvalue weighted by Gasteiger charge is -2.38. The number of piperidine rings is 1. The van der Waals surface area contributed by atoms with Crippen LogP contribution in [-0.2, 0) is 4.79 Å². The highest BCUT2D eigenvalue weighted by Crippen LogP contribution is 2.51. The van der Waals surface area contributed by atoms with Crippen LogP contribution in [0.3, 0.4) is 0 Å². The fourth-order valence-electron chi connectivity index (χ4n) is 4.03. The average Bonchev–Trinajstić information content (AvgIpc) is 2.74. The molecule has 1 amide bonds. The highest BCUT2D eigenvalue weighted by atomic mass is 19.1. The van der Waals surface area contributed by atoms with Gasteiger partial charge in [0, 0.05) is 18.0 Å². The van der Waals surface area contributed by atoms with Crippen molar-refractivity contribution in [1.82, 2.24) is 10.2 Å². The number of nitrogens with one attached hydrogen (secondary N) is 1. The number of amides is 1. The van der Waals surface area contributed by atoms with E-state index in [2.05, 4.69) is 26.1 Å². The normalized spacial score (nSPS) is 25.0. The van der Waals surface area contributed by atoms with Crippen LogP contribution in [0, 0.1) is 11.2 Å². The van der Waals surface area contributed by atoms with Crippen LogP contribution in [0.2, 0.25) is 0 Å². The van der Waals surface area contributed by atoms with E-state index in [1.165, 1.54) is 6.07 Å². The Morgan fingerprint density at radius 3 is 2.45 bits per heavy atom. The first-order valence-corrected chi connectivity index (χ1v) is 8.13. The van der Waals surface area contributed by atoms with E-state index in [0.29, 0.717) is 12.1 Å². The minimum Gasteiger partial charge on any atom is -0.337 e. The second-order valence-electron chi connectivity index (χ2n) is 7.57. The molecule has 2 saturated heterocycles. The summed E-state index contributed by atoms with van der Waals surface area (Å²) in [5.74, 6) is -0.0359. The molecule has 0 bridgehead atoms. The van der Waals surface area contributed by atoms with Crippen molar-refractivity contribution in [3.63, 3.8) is 0 Å². The van der Waals surface area contributed by atoms with Gasteiger partial charge in [0.25, 0.3) is 0 Å². The number of rotatable bonds is 1.